The average Bonchev–Trinajstić information content (AvgIpc) is 3.29. The van der Waals surface area contributed by atoms with Crippen molar-refractivity contribution < 1.29 is 14.4 Å². The molecular weight excluding hydrogens is 301 g/mol. The average molecular weight is 313 g/mol. The first-order valence-electron chi connectivity index (χ1n) is 6.50. The summed E-state index contributed by atoms with van der Waals surface area (Å²) >= 11 is 0. The van der Waals surface area contributed by atoms with Gasteiger partial charge in [0.1, 0.15) is 7.92 Å². The highest BCUT2D eigenvalue weighted by Gasteiger charge is 2.36. The molecule has 22 heavy (non-hydrogen) atoms. The summed E-state index contributed by atoms with van der Waals surface area (Å²) < 4.78 is 0. The van der Waals surface area contributed by atoms with Crippen LogP contribution >= 0.6 is 7.92 Å². The number of hydrogen-bond acceptors (Lipinski definition) is 3. The number of H-pyrrole nitrogens is 3. The predicted octanol–water partition coefficient (Wildman–Crippen LogP) is 2.97. The summed E-state index contributed by atoms with van der Waals surface area (Å²) in [5.41, 5.74) is -0.354. The fourth-order valence-corrected chi connectivity index (χ4v) is 3.78. The lowest BCUT2D eigenvalue weighted by atomic mass is 10.4. The third-order valence-corrected chi connectivity index (χ3v) is 5.14. The van der Waals surface area contributed by atoms with Crippen molar-refractivity contribution >= 4 is 24.5 Å². The van der Waals surface area contributed by atoms with Crippen molar-refractivity contribution in [2.24, 2.45) is 0 Å². The van der Waals surface area contributed by atoms with Gasteiger partial charge in [-0.25, -0.2) is 0 Å². The number of nitrogens with one attached hydrogen (secondary N) is 3. The first-order chi connectivity index (χ1) is 10.7. The second-order valence-corrected chi connectivity index (χ2v) is 6.44. The molecule has 3 N–H and O–H groups in total. The van der Waals surface area contributed by atoms with E-state index in [1.54, 1.807) is 36.8 Å². The minimum Gasteiger partial charge on any atom is -0.367 e. The van der Waals surface area contributed by atoms with Gasteiger partial charge in [0.05, 0.1) is 0 Å². The van der Waals surface area contributed by atoms with Gasteiger partial charge < -0.3 is 15.0 Å². The molecule has 3 heterocycles. The van der Waals surface area contributed by atoms with Gasteiger partial charge in [-0.2, -0.15) is 0 Å². The molecule has 0 spiro atoms. The van der Waals surface area contributed by atoms with Crippen LogP contribution in [0.15, 0.2) is 55.4 Å². The SMILES string of the molecule is O=C(c1cc[nH]c1)P(C(=O)c1cc[nH]c1)C(=O)c1cc[nH]c1. The first kappa shape index (κ1) is 14.2. The molecule has 110 valence electrons. The van der Waals surface area contributed by atoms with Gasteiger partial charge in [-0.3, -0.25) is 14.4 Å². The second kappa shape index (κ2) is 5.95. The lowest BCUT2D eigenvalue weighted by Crippen LogP contribution is -2.13. The molecule has 0 atom stereocenters. The van der Waals surface area contributed by atoms with E-state index >= 15 is 0 Å². The van der Waals surface area contributed by atoms with Gasteiger partial charge in [-0.05, 0) is 18.2 Å². The van der Waals surface area contributed by atoms with Crippen LogP contribution in [-0.4, -0.2) is 31.5 Å². The number of rotatable bonds is 6. The molecular formula is C15H12N3O3P. The molecule has 6 nitrogen and oxygen atoms in total. The van der Waals surface area contributed by atoms with Gasteiger partial charge in [0.2, 0.25) is 16.6 Å². The predicted molar refractivity (Wildman–Crippen MR) is 82.3 cm³/mol. The Morgan fingerprint density at radius 1 is 0.636 bits per heavy atom. The summed E-state index contributed by atoms with van der Waals surface area (Å²) in [5.74, 6) is 0. The van der Waals surface area contributed by atoms with Gasteiger partial charge in [0, 0.05) is 53.9 Å². The molecule has 0 fully saturated rings. The van der Waals surface area contributed by atoms with Crippen LogP contribution in [-0.2, 0) is 0 Å². The molecule has 0 aromatic carbocycles. The molecule has 0 saturated heterocycles. The molecule has 0 aliphatic rings. The number of carbonyl (C=O) groups is 3. The summed E-state index contributed by atoms with van der Waals surface area (Å²) in [5, 5.41) is 0. The van der Waals surface area contributed by atoms with Crippen molar-refractivity contribution in [1.82, 2.24) is 15.0 Å². The van der Waals surface area contributed by atoms with Crippen LogP contribution in [0.3, 0.4) is 0 Å². The van der Waals surface area contributed by atoms with Crippen molar-refractivity contribution in [2.75, 3.05) is 0 Å². The highest BCUT2D eigenvalue weighted by molar-refractivity contribution is 8.03. The number of aromatic amines is 3. The van der Waals surface area contributed by atoms with Crippen molar-refractivity contribution in [3.8, 4) is 0 Å². The highest BCUT2D eigenvalue weighted by Crippen LogP contribution is 2.46. The largest absolute Gasteiger partial charge is 0.367 e. The van der Waals surface area contributed by atoms with Gasteiger partial charge in [0.15, 0.2) is 0 Å². The molecule has 0 aliphatic carbocycles. The molecule has 0 bridgehead atoms. The Bertz CT molecular complexity index is 679. The van der Waals surface area contributed by atoms with E-state index < -0.39 is 24.5 Å². The van der Waals surface area contributed by atoms with Gasteiger partial charge in [-0.1, -0.05) is 0 Å². The lowest BCUT2D eigenvalue weighted by Gasteiger charge is -2.11. The van der Waals surface area contributed by atoms with Crippen LogP contribution in [0, 0.1) is 0 Å². The Morgan fingerprint density at radius 3 is 1.18 bits per heavy atom. The van der Waals surface area contributed by atoms with Gasteiger partial charge in [0.25, 0.3) is 0 Å². The zero-order valence-corrected chi connectivity index (χ0v) is 12.3. The van der Waals surface area contributed by atoms with E-state index in [1.165, 1.54) is 18.6 Å². The third kappa shape index (κ3) is 2.56. The molecule has 3 aromatic heterocycles. The van der Waals surface area contributed by atoms with Gasteiger partial charge >= 0.3 is 0 Å². The molecule has 0 amide bonds. The van der Waals surface area contributed by atoms with Crippen molar-refractivity contribution in [3.05, 3.63) is 72.1 Å². The molecule has 3 rings (SSSR count). The Balaban J connectivity index is 2.00. The van der Waals surface area contributed by atoms with E-state index in [0.29, 0.717) is 16.7 Å². The van der Waals surface area contributed by atoms with Crippen molar-refractivity contribution in [1.29, 1.82) is 0 Å². The molecule has 0 unspecified atom stereocenters. The quantitative estimate of drug-likeness (QED) is 0.610. The Hall–Kier alpha value is -2.72. The molecule has 0 saturated carbocycles. The summed E-state index contributed by atoms with van der Waals surface area (Å²) in [6.45, 7) is 0. The Morgan fingerprint density at radius 2 is 0.955 bits per heavy atom. The Labute approximate surface area is 126 Å². The molecule has 0 aliphatic heterocycles. The zero-order chi connectivity index (χ0) is 15.5. The fraction of sp³-hybridized carbons (Fsp3) is 0. The topological polar surface area (TPSA) is 98.6 Å². The van der Waals surface area contributed by atoms with Crippen LogP contribution in [0.4, 0.5) is 0 Å². The summed E-state index contributed by atoms with van der Waals surface area (Å²) in [6, 6.07) is 4.69. The first-order valence-corrected chi connectivity index (χ1v) is 7.84. The minimum absolute atomic E-state index is 0.332. The molecule has 0 radical (unpaired) electrons. The maximum absolute atomic E-state index is 12.6. The number of carbonyl (C=O) groups excluding carboxylic acids is 3. The van der Waals surface area contributed by atoms with Crippen LogP contribution in [0.5, 0.6) is 0 Å². The zero-order valence-electron chi connectivity index (χ0n) is 11.4. The summed E-state index contributed by atoms with van der Waals surface area (Å²) in [7, 11) is -2.17. The fourth-order valence-electron chi connectivity index (χ4n) is 2.03. The second-order valence-electron chi connectivity index (χ2n) is 4.55. The van der Waals surface area contributed by atoms with Crippen molar-refractivity contribution in [2.45, 2.75) is 0 Å². The van der Waals surface area contributed by atoms with Crippen LogP contribution < -0.4 is 0 Å². The molecule has 7 heteroatoms. The normalized spacial score (nSPS) is 10.8. The lowest BCUT2D eigenvalue weighted by molar-refractivity contribution is 0.102. The highest BCUT2D eigenvalue weighted by atomic mass is 31.1. The maximum Gasteiger partial charge on any atom is 0.201 e. The van der Waals surface area contributed by atoms with E-state index in [0.717, 1.165) is 0 Å². The smallest absolute Gasteiger partial charge is 0.201 e. The standard InChI is InChI=1S/C15H12N3O3P/c19-13(10-1-4-16-7-10)22(14(20)11-2-5-17-8-11)15(21)12-3-6-18-9-12/h1-9,16-18H. The number of hydrogen-bond donors (Lipinski definition) is 3. The monoisotopic (exact) mass is 313 g/mol. The van der Waals surface area contributed by atoms with E-state index in [9.17, 15) is 14.4 Å². The molecule has 3 aromatic rings. The van der Waals surface area contributed by atoms with Crippen LogP contribution in [0.1, 0.15) is 31.1 Å². The van der Waals surface area contributed by atoms with E-state index in [-0.39, 0.29) is 0 Å². The number of aromatic nitrogens is 3. The van der Waals surface area contributed by atoms with E-state index in [4.69, 9.17) is 0 Å². The van der Waals surface area contributed by atoms with Crippen molar-refractivity contribution in [3.63, 3.8) is 0 Å². The summed E-state index contributed by atoms with van der Waals surface area (Å²) in [6.07, 6.45) is 9.23. The Kier molecular flexibility index (Phi) is 3.85. The maximum atomic E-state index is 12.6. The van der Waals surface area contributed by atoms with Crippen LogP contribution in [0.25, 0.3) is 0 Å². The van der Waals surface area contributed by atoms with E-state index in [2.05, 4.69) is 15.0 Å². The summed E-state index contributed by atoms with van der Waals surface area (Å²) in [4.78, 5) is 46.2. The minimum atomic E-state index is -2.17. The van der Waals surface area contributed by atoms with Crippen LogP contribution in [0.2, 0.25) is 0 Å². The third-order valence-electron chi connectivity index (χ3n) is 3.14. The van der Waals surface area contributed by atoms with Gasteiger partial charge in [-0.15, -0.1) is 0 Å². The van der Waals surface area contributed by atoms with E-state index in [1.807, 2.05) is 0 Å².